The molecule has 0 saturated carbocycles. The average molecular weight is 371 g/mol. The van der Waals surface area contributed by atoms with Crippen molar-refractivity contribution in [1.29, 1.82) is 0 Å². The summed E-state index contributed by atoms with van der Waals surface area (Å²) in [7, 11) is 0. The number of aryl methyl sites for hydroxylation is 1. The minimum Gasteiger partial charge on any atom is -0.399 e. The van der Waals surface area contributed by atoms with Crippen LogP contribution in [0.25, 0.3) is 22.5 Å². The molecule has 142 valence electrons. The minimum absolute atomic E-state index is 0.555. The highest BCUT2D eigenvalue weighted by Crippen LogP contribution is 2.24. The number of anilines is 1. The average Bonchev–Trinajstić information content (AvgIpc) is 2.68. The normalized spacial score (nSPS) is 12.7. The van der Waals surface area contributed by atoms with Crippen LogP contribution in [0.5, 0.6) is 0 Å². The van der Waals surface area contributed by atoms with Crippen LogP contribution in [-0.2, 0) is 0 Å². The Balaban J connectivity index is 2.75. The van der Waals surface area contributed by atoms with Crippen LogP contribution < -0.4 is 5.73 Å². The molecule has 2 rings (SSSR count). The molecule has 1 aromatic heterocycles. The monoisotopic (exact) mass is 370 g/mol. The number of hydrogen-bond acceptors (Lipinski definition) is 4. The van der Waals surface area contributed by atoms with Gasteiger partial charge in [-0.05, 0) is 44.5 Å². The number of nitrogens with two attached hydrogens (primary N) is 1. The lowest BCUT2D eigenvalue weighted by Gasteiger charge is -2.10. The molecule has 2 aromatic rings. The number of hydrogen-bond donors (Lipinski definition) is 1. The molecule has 0 atom stereocenters. The Bertz CT molecular complexity index is 971. The SMILES string of the molecule is C=C/C=C\C(=C/C)c1nc(/C(C=C)=C/C=C\C)nc(-c2cc(C)cc(N)c2)n1. The molecule has 28 heavy (non-hydrogen) atoms. The fraction of sp³-hybridized carbons (Fsp3) is 0.125. The number of allylic oxidation sites excluding steroid dienone is 10. The van der Waals surface area contributed by atoms with Gasteiger partial charge in [-0.15, -0.1) is 0 Å². The molecular weight excluding hydrogens is 344 g/mol. The molecule has 0 aliphatic heterocycles. The molecular formula is C24H26N4. The summed E-state index contributed by atoms with van der Waals surface area (Å²) >= 11 is 0. The van der Waals surface area contributed by atoms with Crippen LogP contribution >= 0.6 is 0 Å². The molecule has 4 heteroatoms. The quantitative estimate of drug-likeness (QED) is 0.500. The summed E-state index contributed by atoms with van der Waals surface area (Å²) in [4.78, 5) is 14.1. The van der Waals surface area contributed by atoms with Gasteiger partial charge in [0.1, 0.15) is 0 Å². The number of benzene rings is 1. The molecule has 0 bridgehead atoms. The first kappa shape index (κ1) is 20.8. The van der Waals surface area contributed by atoms with Crippen molar-refractivity contribution in [3.05, 3.63) is 97.2 Å². The van der Waals surface area contributed by atoms with Crippen LogP contribution in [0.4, 0.5) is 5.69 Å². The maximum Gasteiger partial charge on any atom is 0.164 e. The largest absolute Gasteiger partial charge is 0.399 e. The summed E-state index contributed by atoms with van der Waals surface area (Å²) in [5.74, 6) is 1.70. The van der Waals surface area contributed by atoms with Gasteiger partial charge in [-0.25, -0.2) is 15.0 Å². The third kappa shape index (κ3) is 5.24. The minimum atomic E-state index is 0.555. The van der Waals surface area contributed by atoms with Gasteiger partial charge >= 0.3 is 0 Å². The molecule has 1 aromatic carbocycles. The van der Waals surface area contributed by atoms with E-state index in [1.54, 1.807) is 12.2 Å². The smallest absolute Gasteiger partial charge is 0.164 e. The van der Waals surface area contributed by atoms with Gasteiger partial charge in [0.25, 0.3) is 0 Å². The maximum absolute atomic E-state index is 6.03. The Morgan fingerprint density at radius 3 is 2.25 bits per heavy atom. The predicted octanol–water partition coefficient (Wildman–Crippen LogP) is 5.72. The van der Waals surface area contributed by atoms with E-state index in [0.717, 1.165) is 22.3 Å². The molecule has 0 aliphatic rings. The lowest BCUT2D eigenvalue weighted by Crippen LogP contribution is -2.04. The van der Waals surface area contributed by atoms with E-state index >= 15 is 0 Å². The fourth-order valence-electron chi connectivity index (χ4n) is 2.61. The van der Waals surface area contributed by atoms with Crippen molar-refractivity contribution in [2.45, 2.75) is 20.8 Å². The number of nitrogen functional groups attached to an aromatic ring is 1. The van der Waals surface area contributed by atoms with Crippen LogP contribution in [0, 0.1) is 6.92 Å². The Morgan fingerprint density at radius 1 is 0.964 bits per heavy atom. The van der Waals surface area contributed by atoms with E-state index in [4.69, 9.17) is 10.7 Å². The molecule has 1 heterocycles. The van der Waals surface area contributed by atoms with Gasteiger partial charge in [0.05, 0.1) is 0 Å². The van der Waals surface area contributed by atoms with Crippen molar-refractivity contribution in [2.24, 2.45) is 0 Å². The van der Waals surface area contributed by atoms with Gasteiger partial charge in [-0.2, -0.15) is 0 Å². The highest BCUT2D eigenvalue weighted by atomic mass is 15.0. The Kier molecular flexibility index (Phi) is 7.40. The summed E-state index contributed by atoms with van der Waals surface area (Å²) in [6, 6.07) is 5.79. The zero-order valence-electron chi connectivity index (χ0n) is 16.7. The predicted molar refractivity (Wildman–Crippen MR) is 120 cm³/mol. The second-order valence-corrected chi connectivity index (χ2v) is 6.13. The van der Waals surface area contributed by atoms with E-state index in [0.29, 0.717) is 23.2 Å². The molecule has 0 radical (unpaired) electrons. The van der Waals surface area contributed by atoms with Crippen molar-refractivity contribution in [2.75, 3.05) is 5.73 Å². The Hall–Kier alpha value is -3.53. The highest BCUT2D eigenvalue weighted by molar-refractivity contribution is 5.75. The highest BCUT2D eigenvalue weighted by Gasteiger charge is 2.13. The summed E-state index contributed by atoms with van der Waals surface area (Å²) in [6.07, 6.45) is 15.0. The number of aromatic nitrogens is 3. The molecule has 2 N–H and O–H groups in total. The third-order valence-corrected chi connectivity index (χ3v) is 3.92. The molecule has 0 spiro atoms. The van der Waals surface area contributed by atoms with Crippen LogP contribution in [-0.4, -0.2) is 15.0 Å². The van der Waals surface area contributed by atoms with E-state index in [-0.39, 0.29) is 0 Å². The fourth-order valence-corrected chi connectivity index (χ4v) is 2.61. The van der Waals surface area contributed by atoms with Crippen molar-refractivity contribution in [3.63, 3.8) is 0 Å². The first-order valence-electron chi connectivity index (χ1n) is 9.07. The van der Waals surface area contributed by atoms with Gasteiger partial charge < -0.3 is 5.73 Å². The Morgan fingerprint density at radius 2 is 1.68 bits per heavy atom. The van der Waals surface area contributed by atoms with E-state index < -0.39 is 0 Å². The Labute approximate surface area is 167 Å². The van der Waals surface area contributed by atoms with Crippen LogP contribution in [0.15, 0.2) is 80.0 Å². The molecule has 0 aliphatic carbocycles. The summed E-state index contributed by atoms with van der Waals surface area (Å²) in [5, 5.41) is 0. The van der Waals surface area contributed by atoms with Crippen molar-refractivity contribution in [1.82, 2.24) is 15.0 Å². The molecule has 0 saturated heterocycles. The maximum atomic E-state index is 6.03. The summed E-state index contributed by atoms with van der Waals surface area (Å²) in [5.41, 5.74) is 10.3. The lowest BCUT2D eigenvalue weighted by atomic mass is 10.1. The van der Waals surface area contributed by atoms with Gasteiger partial charge in [-0.1, -0.05) is 61.8 Å². The summed E-state index contributed by atoms with van der Waals surface area (Å²) < 4.78 is 0. The van der Waals surface area contributed by atoms with E-state index in [9.17, 15) is 0 Å². The van der Waals surface area contributed by atoms with Crippen LogP contribution in [0.3, 0.4) is 0 Å². The first-order valence-corrected chi connectivity index (χ1v) is 9.07. The molecule has 0 unspecified atom stereocenters. The lowest BCUT2D eigenvalue weighted by molar-refractivity contribution is 1.00. The van der Waals surface area contributed by atoms with E-state index in [2.05, 4.69) is 23.1 Å². The first-order chi connectivity index (χ1) is 13.5. The zero-order valence-corrected chi connectivity index (χ0v) is 16.7. The van der Waals surface area contributed by atoms with Crippen LogP contribution in [0.2, 0.25) is 0 Å². The van der Waals surface area contributed by atoms with E-state index in [1.165, 1.54) is 0 Å². The molecule has 4 nitrogen and oxygen atoms in total. The van der Waals surface area contributed by atoms with Gasteiger partial charge in [0.2, 0.25) is 0 Å². The van der Waals surface area contributed by atoms with Crippen LogP contribution in [0.1, 0.15) is 31.1 Å². The zero-order chi connectivity index (χ0) is 20.5. The number of nitrogens with zero attached hydrogens (tertiary/aromatic N) is 3. The van der Waals surface area contributed by atoms with Gasteiger partial charge in [0.15, 0.2) is 17.5 Å². The standard InChI is InChI=1S/C24H26N4/c1-6-10-12-18(8-3)22-26-23(19(9-4)13-11-7-2)28-24(27-22)20-14-17(5)15-21(25)16-20/h6-16H,1,4,25H2,2-3,5H3/b11-7-,12-10-,18-8+,19-13+. The second kappa shape index (κ2) is 9.97. The second-order valence-electron chi connectivity index (χ2n) is 6.13. The molecule has 0 amide bonds. The molecule has 0 fully saturated rings. The van der Waals surface area contributed by atoms with Crippen molar-refractivity contribution in [3.8, 4) is 11.4 Å². The van der Waals surface area contributed by atoms with E-state index in [1.807, 2.05) is 75.4 Å². The van der Waals surface area contributed by atoms with Gasteiger partial charge in [-0.3, -0.25) is 0 Å². The van der Waals surface area contributed by atoms with Gasteiger partial charge in [0, 0.05) is 22.4 Å². The number of rotatable bonds is 7. The summed E-state index contributed by atoms with van der Waals surface area (Å²) in [6.45, 7) is 13.5. The van der Waals surface area contributed by atoms with Crippen molar-refractivity contribution < 1.29 is 0 Å². The third-order valence-electron chi connectivity index (χ3n) is 3.92. The van der Waals surface area contributed by atoms with Crippen molar-refractivity contribution >= 4 is 16.8 Å². The topological polar surface area (TPSA) is 64.7 Å².